The second-order valence-electron chi connectivity index (χ2n) is 5.51. The van der Waals surface area contributed by atoms with E-state index >= 15 is 0 Å². The van der Waals surface area contributed by atoms with Gasteiger partial charge in [0.05, 0.1) is 0 Å². The molecule has 1 heteroatoms. The maximum absolute atomic E-state index is 6.13. The molecule has 1 nitrogen and oxygen atoms in total. The standard InChI is InChI=1S/C13H25N/c14-13(10-8-12-5-6-12)9-7-11-3-1-2-4-11/h11-13H,1-10,14H2. The zero-order valence-electron chi connectivity index (χ0n) is 9.38. The smallest absolute Gasteiger partial charge is 0.00390 e. The fraction of sp³-hybridized carbons (Fsp3) is 1.00. The third kappa shape index (κ3) is 3.61. The van der Waals surface area contributed by atoms with Gasteiger partial charge in [0.25, 0.3) is 0 Å². The van der Waals surface area contributed by atoms with E-state index in [9.17, 15) is 0 Å². The van der Waals surface area contributed by atoms with Gasteiger partial charge in [0, 0.05) is 6.04 Å². The van der Waals surface area contributed by atoms with Gasteiger partial charge in [0.1, 0.15) is 0 Å². The summed E-state index contributed by atoms with van der Waals surface area (Å²) >= 11 is 0. The highest BCUT2D eigenvalue weighted by atomic mass is 14.6. The summed E-state index contributed by atoms with van der Waals surface area (Å²) in [5.74, 6) is 2.09. The van der Waals surface area contributed by atoms with Crippen molar-refractivity contribution in [2.45, 2.75) is 70.3 Å². The lowest BCUT2D eigenvalue weighted by Crippen LogP contribution is -2.20. The predicted octanol–water partition coefficient (Wildman–Crippen LogP) is 3.47. The van der Waals surface area contributed by atoms with Gasteiger partial charge in [0.15, 0.2) is 0 Å². The van der Waals surface area contributed by atoms with E-state index in [0.717, 1.165) is 11.8 Å². The molecule has 1 unspecified atom stereocenters. The van der Waals surface area contributed by atoms with Crippen LogP contribution >= 0.6 is 0 Å². The molecule has 0 bridgehead atoms. The van der Waals surface area contributed by atoms with E-state index in [1.165, 1.54) is 64.2 Å². The molecular formula is C13H25N. The minimum atomic E-state index is 0.510. The predicted molar refractivity (Wildman–Crippen MR) is 61.1 cm³/mol. The Kier molecular flexibility index (Phi) is 3.86. The van der Waals surface area contributed by atoms with E-state index in [0.29, 0.717) is 6.04 Å². The van der Waals surface area contributed by atoms with Crippen LogP contribution in [-0.2, 0) is 0 Å². The topological polar surface area (TPSA) is 26.0 Å². The molecule has 82 valence electrons. The molecule has 0 aromatic heterocycles. The van der Waals surface area contributed by atoms with Crippen molar-refractivity contribution in [1.82, 2.24) is 0 Å². The van der Waals surface area contributed by atoms with Crippen LogP contribution in [0.5, 0.6) is 0 Å². The summed E-state index contributed by atoms with van der Waals surface area (Å²) in [4.78, 5) is 0. The van der Waals surface area contributed by atoms with Gasteiger partial charge in [-0.15, -0.1) is 0 Å². The zero-order chi connectivity index (χ0) is 9.80. The first kappa shape index (κ1) is 10.5. The van der Waals surface area contributed by atoms with Gasteiger partial charge in [-0.2, -0.15) is 0 Å². The van der Waals surface area contributed by atoms with Crippen LogP contribution in [0.1, 0.15) is 64.2 Å². The third-order valence-corrected chi connectivity index (χ3v) is 4.06. The molecule has 2 N–H and O–H groups in total. The van der Waals surface area contributed by atoms with Crippen LogP contribution in [-0.4, -0.2) is 6.04 Å². The Hall–Kier alpha value is -0.0400. The lowest BCUT2D eigenvalue weighted by molar-refractivity contribution is 0.427. The summed E-state index contributed by atoms with van der Waals surface area (Å²) in [6, 6.07) is 0.510. The molecule has 1 atom stereocenters. The number of nitrogens with two attached hydrogens (primary N) is 1. The van der Waals surface area contributed by atoms with Crippen molar-refractivity contribution in [3.8, 4) is 0 Å². The highest BCUT2D eigenvalue weighted by Gasteiger charge is 2.22. The Morgan fingerprint density at radius 1 is 0.857 bits per heavy atom. The molecule has 0 amide bonds. The van der Waals surface area contributed by atoms with E-state index in [-0.39, 0.29) is 0 Å². The van der Waals surface area contributed by atoms with Crippen molar-refractivity contribution in [2.75, 3.05) is 0 Å². The Balaban J connectivity index is 1.50. The van der Waals surface area contributed by atoms with Crippen LogP contribution in [0.4, 0.5) is 0 Å². The maximum atomic E-state index is 6.13. The summed E-state index contributed by atoms with van der Waals surface area (Å²) in [5, 5.41) is 0. The largest absolute Gasteiger partial charge is 0.328 e. The van der Waals surface area contributed by atoms with Crippen LogP contribution < -0.4 is 5.73 Å². The van der Waals surface area contributed by atoms with Crippen molar-refractivity contribution in [1.29, 1.82) is 0 Å². The molecule has 2 aliphatic carbocycles. The van der Waals surface area contributed by atoms with Crippen LogP contribution in [0.2, 0.25) is 0 Å². The van der Waals surface area contributed by atoms with Gasteiger partial charge in [-0.05, 0) is 37.5 Å². The van der Waals surface area contributed by atoms with Crippen LogP contribution in [0.3, 0.4) is 0 Å². The van der Waals surface area contributed by atoms with E-state index in [2.05, 4.69) is 0 Å². The first-order valence-electron chi connectivity index (χ1n) is 6.60. The lowest BCUT2D eigenvalue weighted by Gasteiger charge is -2.14. The molecule has 2 aliphatic rings. The van der Waals surface area contributed by atoms with Crippen LogP contribution in [0.25, 0.3) is 0 Å². The maximum Gasteiger partial charge on any atom is 0.00390 e. The van der Waals surface area contributed by atoms with Gasteiger partial charge >= 0.3 is 0 Å². The van der Waals surface area contributed by atoms with E-state index in [4.69, 9.17) is 5.73 Å². The molecule has 0 aromatic carbocycles. The summed E-state index contributed by atoms with van der Waals surface area (Å²) < 4.78 is 0. The minimum absolute atomic E-state index is 0.510. The molecular weight excluding hydrogens is 170 g/mol. The quantitative estimate of drug-likeness (QED) is 0.690. The van der Waals surface area contributed by atoms with Gasteiger partial charge in [0.2, 0.25) is 0 Å². The molecule has 2 fully saturated rings. The number of hydrogen-bond donors (Lipinski definition) is 1. The number of hydrogen-bond acceptors (Lipinski definition) is 1. The molecule has 0 heterocycles. The molecule has 0 spiro atoms. The first-order valence-corrected chi connectivity index (χ1v) is 6.60. The normalized spacial score (nSPS) is 25.5. The average molecular weight is 195 g/mol. The summed E-state index contributed by atoms with van der Waals surface area (Å²) in [5.41, 5.74) is 6.13. The fourth-order valence-electron chi connectivity index (χ4n) is 2.75. The van der Waals surface area contributed by atoms with Crippen LogP contribution in [0.15, 0.2) is 0 Å². The second-order valence-corrected chi connectivity index (χ2v) is 5.51. The molecule has 0 aromatic rings. The van der Waals surface area contributed by atoms with Crippen LogP contribution in [0, 0.1) is 11.8 Å². The van der Waals surface area contributed by atoms with Crippen molar-refractivity contribution >= 4 is 0 Å². The third-order valence-electron chi connectivity index (χ3n) is 4.06. The van der Waals surface area contributed by atoms with Gasteiger partial charge < -0.3 is 5.73 Å². The molecule has 0 aliphatic heterocycles. The first-order chi connectivity index (χ1) is 6.84. The Morgan fingerprint density at radius 3 is 1.86 bits per heavy atom. The molecule has 0 saturated heterocycles. The van der Waals surface area contributed by atoms with Crippen molar-refractivity contribution < 1.29 is 0 Å². The van der Waals surface area contributed by atoms with Crippen molar-refractivity contribution in [2.24, 2.45) is 17.6 Å². The highest BCUT2D eigenvalue weighted by Crippen LogP contribution is 2.34. The van der Waals surface area contributed by atoms with E-state index < -0.39 is 0 Å². The Morgan fingerprint density at radius 2 is 1.36 bits per heavy atom. The summed E-state index contributed by atoms with van der Waals surface area (Å²) in [6.07, 6.45) is 14.3. The summed E-state index contributed by atoms with van der Waals surface area (Å²) in [6.45, 7) is 0. The molecule has 0 radical (unpaired) electrons. The van der Waals surface area contributed by atoms with Gasteiger partial charge in [-0.1, -0.05) is 38.5 Å². The molecule has 2 rings (SSSR count). The SMILES string of the molecule is NC(CCC1CCCC1)CCC1CC1. The Bertz CT molecular complexity index is 157. The number of rotatable bonds is 6. The molecule has 14 heavy (non-hydrogen) atoms. The average Bonchev–Trinajstić information content (AvgIpc) is 2.87. The van der Waals surface area contributed by atoms with Crippen molar-refractivity contribution in [3.05, 3.63) is 0 Å². The van der Waals surface area contributed by atoms with Crippen molar-refractivity contribution in [3.63, 3.8) is 0 Å². The summed E-state index contributed by atoms with van der Waals surface area (Å²) in [7, 11) is 0. The highest BCUT2D eigenvalue weighted by molar-refractivity contribution is 4.76. The monoisotopic (exact) mass is 195 g/mol. The fourth-order valence-corrected chi connectivity index (χ4v) is 2.75. The van der Waals surface area contributed by atoms with E-state index in [1.54, 1.807) is 0 Å². The Labute approximate surface area is 88.4 Å². The van der Waals surface area contributed by atoms with E-state index in [1.807, 2.05) is 0 Å². The lowest BCUT2D eigenvalue weighted by atomic mass is 9.96. The minimum Gasteiger partial charge on any atom is -0.328 e. The van der Waals surface area contributed by atoms with Gasteiger partial charge in [-0.3, -0.25) is 0 Å². The zero-order valence-corrected chi connectivity index (χ0v) is 9.38. The van der Waals surface area contributed by atoms with Gasteiger partial charge in [-0.25, -0.2) is 0 Å². The second kappa shape index (κ2) is 5.16. The molecule has 2 saturated carbocycles.